The van der Waals surface area contributed by atoms with Crippen LogP contribution in [0.4, 0.5) is 34.1 Å². The average molecular weight is 909 g/mol. The van der Waals surface area contributed by atoms with Gasteiger partial charge in [0.15, 0.2) is 0 Å². The van der Waals surface area contributed by atoms with Crippen LogP contribution in [0.25, 0.3) is 66.1 Å². The first-order chi connectivity index (χ1) is 33.7. The monoisotopic (exact) mass is 908 g/mol. The molecule has 11 aromatic rings. The molecule has 0 atom stereocenters. The first-order valence-electron chi connectivity index (χ1n) is 24.7. The summed E-state index contributed by atoms with van der Waals surface area (Å²) in [6.45, 7) is 22.9. The van der Waals surface area contributed by atoms with Crippen molar-refractivity contribution in [3.8, 4) is 22.3 Å². The van der Waals surface area contributed by atoms with Crippen LogP contribution in [-0.2, 0) is 10.8 Å². The van der Waals surface area contributed by atoms with E-state index in [1.54, 1.807) is 0 Å². The Labute approximate surface area is 410 Å². The molecular weight excluding hydrogens is 853 g/mol. The van der Waals surface area contributed by atoms with Gasteiger partial charge in [0.25, 0.3) is 0 Å². The van der Waals surface area contributed by atoms with Gasteiger partial charge in [-0.25, -0.2) is 0 Å². The summed E-state index contributed by atoms with van der Waals surface area (Å²) in [5.41, 5.74) is 27.0. The molecule has 2 aliphatic carbocycles. The van der Waals surface area contributed by atoms with Crippen molar-refractivity contribution in [2.75, 3.05) is 9.80 Å². The number of hydrogen-bond donors (Lipinski definition) is 0. The van der Waals surface area contributed by atoms with Gasteiger partial charge in [-0.15, -0.1) is 0 Å². The Kier molecular flexibility index (Phi) is 8.97. The highest BCUT2D eigenvalue weighted by molar-refractivity contribution is 6.21. The van der Waals surface area contributed by atoms with Crippen molar-refractivity contribution in [2.45, 2.75) is 80.1 Å². The third-order valence-corrected chi connectivity index (χ3v) is 15.9. The smallest absolute Gasteiger partial charge is 0.145 e. The maximum Gasteiger partial charge on any atom is 0.145 e. The number of nitrogens with zero attached hydrogens (tertiary/aromatic N) is 2. The van der Waals surface area contributed by atoms with Crippen molar-refractivity contribution >= 4 is 78.0 Å². The number of hydrogen-bond acceptors (Lipinski definition) is 4. The summed E-state index contributed by atoms with van der Waals surface area (Å²) in [4.78, 5) is 4.94. The van der Waals surface area contributed by atoms with Gasteiger partial charge in [0.2, 0.25) is 0 Å². The Hall–Kier alpha value is -7.82. The molecule has 342 valence electrons. The van der Waals surface area contributed by atoms with E-state index in [-0.39, 0.29) is 0 Å². The van der Waals surface area contributed by atoms with Gasteiger partial charge >= 0.3 is 0 Å². The molecule has 0 saturated heterocycles. The van der Waals surface area contributed by atoms with Gasteiger partial charge in [-0.2, -0.15) is 0 Å². The fraction of sp³-hybridized carbons (Fsp3) is 0.182. The van der Waals surface area contributed by atoms with Gasteiger partial charge in [-0.05, 0) is 147 Å². The van der Waals surface area contributed by atoms with E-state index in [0.717, 1.165) is 78.0 Å². The predicted molar refractivity (Wildman–Crippen MR) is 294 cm³/mol. The molecule has 0 aliphatic heterocycles. The van der Waals surface area contributed by atoms with Crippen LogP contribution in [0, 0.1) is 41.5 Å². The van der Waals surface area contributed by atoms with Gasteiger partial charge in [-0.1, -0.05) is 147 Å². The second-order valence-corrected chi connectivity index (χ2v) is 21.3. The highest BCUT2D eigenvalue weighted by Crippen LogP contribution is 2.64. The summed E-state index contributed by atoms with van der Waals surface area (Å²) >= 11 is 0. The van der Waals surface area contributed by atoms with Crippen molar-refractivity contribution in [3.63, 3.8) is 0 Å². The van der Waals surface area contributed by atoms with Crippen molar-refractivity contribution in [1.82, 2.24) is 0 Å². The topological polar surface area (TPSA) is 32.8 Å². The van der Waals surface area contributed by atoms with E-state index >= 15 is 0 Å². The lowest BCUT2D eigenvalue weighted by molar-refractivity contribution is 0.600. The second-order valence-electron chi connectivity index (χ2n) is 21.3. The fourth-order valence-corrected chi connectivity index (χ4v) is 12.5. The molecule has 0 bridgehead atoms. The van der Waals surface area contributed by atoms with Gasteiger partial charge in [0, 0.05) is 55.5 Å². The predicted octanol–water partition coefficient (Wildman–Crippen LogP) is 18.9. The van der Waals surface area contributed by atoms with Crippen LogP contribution in [0.2, 0.25) is 0 Å². The average Bonchev–Trinajstić information content (AvgIpc) is 4.04. The first-order valence-corrected chi connectivity index (χ1v) is 24.7. The molecule has 2 aliphatic rings. The Morgan fingerprint density at radius 3 is 1.13 bits per heavy atom. The number of benzene rings is 9. The highest BCUT2D eigenvalue weighted by Gasteiger charge is 2.49. The lowest BCUT2D eigenvalue weighted by Gasteiger charge is -2.32. The molecule has 0 unspecified atom stereocenters. The molecule has 0 N–H and O–H groups in total. The number of anilines is 6. The van der Waals surface area contributed by atoms with E-state index in [2.05, 4.69) is 237 Å². The van der Waals surface area contributed by atoms with E-state index in [1.165, 1.54) is 77.9 Å². The molecule has 0 amide bonds. The number of furan rings is 2. The van der Waals surface area contributed by atoms with Crippen LogP contribution in [0.15, 0.2) is 167 Å². The quantitative estimate of drug-likeness (QED) is 0.166. The molecule has 0 spiro atoms. The zero-order valence-electron chi connectivity index (χ0n) is 41.7. The highest BCUT2D eigenvalue weighted by atomic mass is 16.3. The van der Waals surface area contributed by atoms with Crippen molar-refractivity contribution < 1.29 is 8.83 Å². The number of para-hydroxylation sites is 2. The molecule has 0 fully saturated rings. The molecule has 2 aromatic heterocycles. The Bertz CT molecular complexity index is 3750. The molecule has 9 aromatic carbocycles. The number of fused-ring (bicyclic) bond motifs is 15. The van der Waals surface area contributed by atoms with Crippen molar-refractivity contribution in [1.29, 1.82) is 0 Å². The maximum atomic E-state index is 7.20. The normalized spacial score (nSPS) is 14.1. The summed E-state index contributed by atoms with van der Waals surface area (Å²) in [7, 11) is 0. The summed E-state index contributed by atoms with van der Waals surface area (Å²) in [6.07, 6.45) is 0. The van der Waals surface area contributed by atoms with Gasteiger partial charge < -0.3 is 18.6 Å². The molecular formula is C66H56N2O2. The standard InChI is InChI=1S/C66H56N2O2/c1-37-19-25-43(26-20-37)67(51-31-23-39(3)33-41(51)5)53-35-49-57(63-59(53)45-15-11-13-17-55(45)69-63)47-29-30-48-58-50(66(9,10)62(48)61(47)65(49,7)8)36-54(60-46-16-12-14-18-56(46)70-64(58)60)68(44-27-21-38(2)22-28-44)52-32-24-40(4)34-42(52)6/h11-36H,1-10H3. The van der Waals surface area contributed by atoms with E-state index in [9.17, 15) is 0 Å². The molecule has 4 heteroatoms. The molecule has 70 heavy (non-hydrogen) atoms. The van der Waals surface area contributed by atoms with Crippen LogP contribution in [0.1, 0.15) is 83.3 Å². The lowest BCUT2D eigenvalue weighted by Crippen LogP contribution is -2.24. The Morgan fingerprint density at radius 2 is 0.743 bits per heavy atom. The fourth-order valence-electron chi connectivity index (χ4n) is 12.5. The van der Waals surface area contributed by atoms with E-state index in [4.69, 9.17) is 8.83 Å². The minimum absolute atomic E-state index is 0.415. The van der Waals surface area contributed by atoms with Gasteiger partial charge in [0.1, 0.15) is 22.3 Å². The van der Waals surface area contributed by atoms with Crippen LogP contribution in [-0.4, -0.2) is 0 Å². The molecule has 0 radical (unpaired) electrons. The van der Waals surface area contributed by atoms with Crippen LogP contribution >= 0.6 is 0 Å². The lowest BCUT2D eigenvalue weighted by atomic mass is 9.72. The van der Waals surface area contributed by atoms with E-state index in [0.29, 0.717) is 0 Å². The van der Waals surface area contributed by atoms with Crippen LogP contribution in [0.5, 0.6) is 0 Å². The van der Waals surface area contributed by atoms with Crippen LogP contribution < -0.4 is 9.80 Å². The zero-order valence-corrected chi connectivity index (χ0v) is 41.7. The number of aryl methyl sites for hydroxylation is 6. The summed E-state index contributed by atoms with van der Waals surface area (Å²) in [5, 5.41) is 4.47. The number of rotatable bonds is 6. The first kappa shape index (κ1) is 42.3. The minimum atomic E-state index is -0.415. The largest absolute Gasteiger partial charge is 0.455 e. The third-order valence-electron chi connectivity index (χ3n) is 15.9. The van der Waals surface area contributed by atoms with Crippen molar-refractivity contribution in [3.05, 3.63) is 213 Å². The molecule has 2 heterocycles. The van der Waals surface area contributed by atoms with E-state index in [1.807, 2.05) is 0 Å². The summed E-state index contributed by atoms with van der Waals surface area (Å²) < 4.78 is 14.4. The zero-order chi connectivity index (χ0) is 48.1. The molecule has 13 rings (SSSR count). The Morgan fingerprint density at radius 1 is 0.371 bits per heavy atom. The second kappa shape index (κ2) is 14.8. The van der Waals surface area contributed by atoms with Gasteiger partial charge in [-0.3, -0.25) is 0 Å². The third kappa shape index (κ3) is 5.89. The summed E-state index contributed by atoms with van der Waals surface area (Å²) in [6, 6.07) is 58.5. The summed E-state index contributed by atoms with van der Waals surface area (Å²) in [5.74, 6) is 0. The molecule has 0 saturated carbocycles. The minimum Gasteiger partial charge on any atom is -0.455 e. The SMILES string of the molecule is Cc1ccc(N(c2ccc(C)cc2C)c2cc3c(c4oc5ccccc5c24)-c2ccc4c(c2C3(C)C)C(C)(C)c2cc(N(c3ccc(C)cc3)c3ccc(C)cc3C)c3c(oc5ccccc53)c2-4)cc1. The molecule has 4 nitrogen and oxygen atoms in total. The van der Waals surface area contributed by atoms with E-state index < -0.39 is 10.8 Å². The van der Waals surface area contributed by atoms with Gasteiger partial charge in [0.05, 0.1) is 22.1 Å². The maximum absolute atomic E-state index is 7.20. The Balaban J connectivity index is 1.10. The van der Waals surface area contributed by atoms with Crippen molar-refractivity contribution in [2.24, 2.45) is 0 Å². The van der Waals surface area contributed by atoms with Crippen LogP contribution in [0.3, 0.4) is 0 Å².